The molecule has 0 radical (unpaired) electrons. The Morgan fingerprint density at radius 3 is 1.43 bits per heavy atom. The second-order valence-corrected chi connectivity index (χ2v) is 6.34. The van der Waals surface area contributed by atoms with Crippen molar-refractivity contribution >= 4 is 0 Å². The summed E-state index contributed by atoms with van der Waals surface area (Å²) >= 11 is 0. The number of hydrogen-bond donors (Lipinski definition) is 1. The van der Waals surface area contributed by atoms with E-state index in [2.05, 4.69) is 88.5 Å². The maximum Gasteiger partial charge on any atom is 0.0297 e. The van der Waals surface area contributed by atoms with Gasteiger partial charge in [-0.05, 0) is 43.4 Å². The summed E-state index contributed by atoms with van der Waals surface area (Å²) in [6.45, 7) is 11.0. The van der Waals surface area contributed by atoms with E-state index >= 15 is 0 Å². The highest BCUT2D eigenvalue weighted by Gasteiger charge is 2.11. The maximum absolute atomic E-state index is 3.68. The molecular formula is C20H27N. The first-order valence-corrected chi connectivity index (χ1v) is 7.90. The SMILES string of the molecule is Cc1ccc([C@@H](C)NC(C)c2ccc(C(C)C)cc2)cc1. The summed E-state index contributed by atoms with van der Waals surface area (Å²) < 4.78 is 0. The molecule has 0 aliphatic carbocycles. The van der Waals surface area contributed by atoms with Gasteiger partial charge in [-0.3, -0.25) is 0 Å². The lowest BCUT2D eigenvalue weighted by molar-refractivity contribution is 0.494. The van der Waals surface area contributed by atoms with Crippen LogP contribution < -0.4 is 5.32 Å². The van der Waals surface area contributed by atoms with Crippen molar-refractivity contribution in [1.82, 2.24) is 5.32 Å². The molecule has 0 aliphatic heterocycles. The molecule has 1 heteroatoms. The van der Waals surface area contributed by atoms with Gasteiger partial charge in [-0.2, -0.15) is 0 Å². The van der Waals surface area contributed by atoms with Gasteiger partial charge in [0.1, 0.15) is 0 Å². The number of benzene rings is 2. The zero-order valence-corrected chi connectivity index (χ0v) is 13.9. The van der Waals surface area contributed by atoms with Crippen LogP contribution in [-0.2, 0) is 0 Å². The summed E-state index contributed by atoms with van der Waals surface area (Å²) in [5.74, 6) is 0.591. The molecule has 1 N–H and O–H groups in total. The first-order chi connectivity index (χ1) is 9.97. The third kappa shape index (κ3) is 4.18. The summed E-state index contributed by atoms with van der Waals surface area (Å²) in [5, 5.41) is 3.68. The second-order valence-electron chi connectivity index (χ2n) is 6.34. The summed E-state index contributed by atoms with van der Waals surface area (Å²) in [6, 6.07) is 18.5. The first-order valence-electron chi connectivity index (χ1n) is 7.90. The second kappa shape index (κ2) is 6.91. The maximum atomic E-state index is 3.68. The molecule has 1 nitrogen and oxygen atoms in total. The molecule has 2 rings (SSSR count). The molecule has 112 valence electrons. The van der Waals surface area contributed by atoms with E-state index in [0.717, 1.165) is 0 Å². The molecule has 0 aliphatic rings. The van der Waals surface area contributed by atoms with E-state index in [-0.39, 0.29) is 0 Å². The molecule has 2 aromatic rings. The van der Waals surface area contributed by atoms with Crippen molar-refractivity contribution in [2.75, 3.05) is 0 Å². The van der Waals surface area contributed by atoms with Crippen molar-refractivity contribution in [3.8, 4) is 0 Å². The van der Waals surface area contributed by atoms with Crippen LogP contribution >= 0.6 is 0 Å². The Labute approximate surface area is 129 Å². The van der Waals surface area contributed by atoms with E-state index < -0.39 is 0 Å². The van der Waals surface area contributed by atoms with Crippen LogP contribution in [0.1, 0.15) is 68.0 Å². The zero-order valence-electron chi connectivity index (χ0n) is 13.9. The highest BCUT2D eigenvalue weighted by molar-refractivity contribution is 5.28. The Morgan fingerprint density at radius 2 is 1.00 bits per heavy atom. The minimum Gasteiger partial charge on any atom is -0.304 e. The molecule has 0 spiro atoms. The Kier molecular flexibility index (Phi) is 5.19. The van der Waals surface area contributed by atoms with E-state index in [9.17, 15) is 0 Å². The lowest BCUT2D eigenvalue weighted by Gasteiger charge is -2.21. The van der Waals surface area contributed by atoms with E-state index in [1.54, 1.807) is 0 Å². The standard InChI is InChI=1S/C20H27N/c1-14(2)18-10-12-20(13-11-18)17(5)21-16(4)19-8-6-15(3)7-9-19/h6-14,16-17,21H,1-5H3/t16-,17?/m1/s1. The molecule has 2 aromatic carbocycles. The molecule has 0 aromatic heterocycles. The monoisotopic (exact) mass is 281 g/mol. The Morgan fingerprint density at radius 1 is 0.619 bits per heavy atom. The third-order valence-corrected chi connectivity index (χ3v) is 4.18. The lowest BCUT2D eigenvalue weighted by Crippen LogP contribution is -2.22. The van der Waals surface area contributed by atoms with Gasteiger partial charge in [0.2, 0.25) is 0 Å². The molecule has 0 heterocycles. The average Bonchev–Trinajstić information content (AvgIpc) is 2.47. The predicted octanol–water partition coefficient (Wildman–Crippen LogP) is 5.53. The predicted molar refractivity (Wildman–Crippen MR) is 91.7 cm³/mol. The van der Waals surface area contributed by atoms with Crippen LogP contribution in [0.4, 0.5) is 0 Å². The number of rotatable bonds is 5. The fourth-order valence-corrected chi connectivity index (χ4v) is 2.59. The smallest absolute Gasteiger partial charge is 0.0297 e. The number of aryl methyl sites for hydroxylation is 1. The third-order valence-electron chi connectivity index (χ3n) is 4.18. The van der Waals surface area contributed by atoms with Crippen LogP contribution in [0.25, 0.3) is 0 Å². The summed E-state index contributed by atoms with van der Waals surface area (Å²) in [7, 11) is 0. The molecular weight excluding hydrogens is 254 g/mol. The molecule has 0 amide bonds. The molecule has 0 saturated carbocycles. The average molecular weight is 281 g/mol. The normalized spacial score (nSPS) is 14.2. The van der Waals surface area contributed by atoms with Crippen molar-refractivity contribution in [2.24, 2.45) is 0 Å². The Hall–Kier alpha value is -1.60. The van der Waals surface area contributed by atoms with Crippen LogP contribution in [0, 0.1) is 6.92 Å². The summed E-state index contributed by atoms with van der Waals surface area (Å²) in [5.41, 5.74) is 5.39. The summed E-state index contributed by atoms with van der Waals surface area (Å²) in [4.78, 5) is 0. The quantitative estimate of drug-likeness (QED) is 0.759. The largest absolute Gasteiger partial charge is 0.304 e. The van der Waals surface area contributed by atoms with Gasteiger partial charge in [0.25, 0.3) is 0 Å². The van der Waals surface area contributed by atoms with Gasteiger partial charge in [0, 0.05) is 12.1 Å². The minimum atomic E-state index is 0.350. The van der Waals surface area contributed by atoms with Crippen LogP contribution in [0.15, 0.2) is 48.5 Å². The van der Waals surface area contributed by atoms with Crippen molar-refractivity contribution in [1.29, 1.82) is 0 Å². The molecule has 0 fully saturated rings. The molecule has 1 unspecified atom stereocenters. The minimum absolute atomic E-state index is 0.350. The fourth-order valence-electron chi connectivity index (χ4n) is 2.59. The van der Waals surface area contributed by atoms with Crippen molar-refractivity contribution < 1.29 is 0 Å². The van der Waals surface area contributed by atoms with Crippen molar-refractivity contribution in [3.63, 3.8) is 0 Å². The van der Waals surface area contributed by atoms with Gasteiger partial charge in [-0.25, -0.2) is 0 Å². The van der Waals surface area contributed by atoms with E-state index in [1.165, 1.54) is 22.3 Å². The number of nitrogens with one attached hydrogen (secondary N) is 1. The van der Waals surface area contributed by atoms with Crippen LogP contribution in [0.3, 0.4) is 0 Å². The van der Waals surface area contributed by atoms with Gasteiger partial charge in [0.05, 0.1) is 0 Å². The first kappa shape index (κ1) is 15.8. The lowest BCUT2D eigenvalue weighted by atomic mass is 9.98. The Bertz CT molecular complexity index is 551. The van der Waals surface area contributed by atoms with E-state index in [1.807, 2.05) is 0 Å². The van der Waals surface area contributed by atoms with Gasteiger partial charge < -0.3 is 5.32 Å². The highest BCUT2D eigenvalue weighted by atomic mass is 14.9. The van der Waals surface area contributed by atoms with E-state index in [0.29, 0.717) is 18.0 Å². The summed E-state index contributed by atoms with van der Waals surface area (Å²) in [6.07, 6.45) is 0. The molecule has 0 bridgehead atoms. The van der Waals surface area contributed by atoms with Crippen molar-refractivity contribution in [3.05, 3.63) is 70.8 Å². The molecule has 2 atom stereocenters. The van der Waals surface area contributed by atoms with Gasteiger partial charge in [-0.1, -0.05) is 67.9 Å². The highest BCUT2D eigenvalue weighted by Crippen LogP contribution is 2.22. The van der Waals surface area contributed by atoms with Crippen molar-refractivity contribution in [2.45, 2.75) is 52.6 Å². The molecule has 0 saturated heterocycles. The van der Waals surface area contributed by atoms with Gasteiger partial charge in [0.15, 0.2) is 0 Å². The van der Waals surface area contributed by atoms with Crippen LogP contribution in [-0.4, -0.2) is 0 Å². The van der Waals surface area contributed by atoms with Gasteiger partial charge in [-0.15, -0.1) is 0 Å². The van der Waals surface area contributed by atoms with Gasteiger partial charge >= 0.3 is 0 Å². The van der Waals surface area contributed by atoms with E-state index in [4.69, 9.17) is 0 Å². The molecule has 21 heavy (non-hydrogen) atoms. The van der Waals surface area contributed by atoms with Crippen LogP contribution in [0.2, 0.25) is 0 Å². The zero-order chi connectivity index (χ0) is 15.4. The topological polar surface area (TPSA) is 12.0 Å². The fraction of sp³-hybridized carbons (Fsp3) is 0.400. The number of hydrogen-bond acceptors (Lipinski definition) is 1. The van der Waals surface area contributed by atoms with Crippen LogP contribution in [0.5, 0.6) is 0 Å². The Balaban J connectivity index is 2.03.